The summed E-state index contributed by atoms with van der Waals surface area (Å²) in [6.07, 6.45) is 5.07. The fraction of sp³-hybridized carbons (Fsp3) is 0.316. The van der Waals surface area contributed by atoms with Crippen molar-refractivity contribution in [3.8, 4) is 10.4 Å². The Morgan fingerprint density at radius 1 is 1.25 bits per heavy atom. The summed E-state index contributed by atoms with van der Waals surface area (Å²) >= 11 is 1.46. The molecule has 3 rings (SSSR count). The minimum Gasteiger partial charge on any atom is -0.396 e. The number of aliphatic hydroxyl groups is 1. The predicted octanol–water partition coefficient (Wildman–Crippen LogP) is 3.80. The number of halogens is 1. The third-order valence-electron chi connectivity index (χ3n) is 4.34. The van der Waals surface area contributed by atoms with Crippen molar-refractivity contribution < 1.29 is 14.3 Å². The van der Waals surface area contributed by atoms with Crippen LogP contribution < -0.4 is 0 Å². The SMILES string of the molecule is O=C(/C=C/c1ccc(-c2ccccc2F)s1)N1CCC(CO)CC1. The lowest BCUT2D eigenvalue weighted by Crippen LogP contribution is -2.38. The van der Waals surface area contributed by atoms with Gasteiger partial charge in [0.25, 0.3) is 0 Å². The van der Waals surface area contributed by atoms with E-state index < -0.39 is 0 Å². The Kier molecular flexibility index (Phi) is 5.43. The lowest BCUT2D eigenvalue weighted by molar-refractivity contribution is -0.127. The molecule has 5 heteroatoms. The molecule has 2 aromatic rings. The second-order valence-electron chi connectivity index (χ2n) is 5.97. The van der Waals surface area contributed by atoms with Crippen molar-refractivity contribution in [3.63, 3.8) is 0 Å². The molecule has 1 aromatic heterocycles. The molecule has 0 unspecified atom stereocenters. The van der Waals surface area contributed by atoms with E-state index in [4.69, 9.17) is 5.11 Å². The zero-order valence-electron chi connectivity index (χ0n) is 13.3. The Balaban J connectivity index is 1.63. The van der Waals surface area contributed by atoms with Crippen molar-refractivity contribution >= 4 is 23.3 Å². The van der Waals surface area contributed by atoms with Gasteiger partial charge in [0, 0.05) is 41.1 Å². The number of benzene rings is 1. The van der Waals surface area contributed by atoms with Crippen LogP contribution in [0.25, 0.3) is 16.5 Å². The van der Waals surface area contributed by atoms with Gasteiger partial charge in [-0.3, -0.25) is 4.79 Å². The minimum atomic E-state index is -0.238. The molecule has 126 valence electrons. The van der Waals surface area contributed by atoms with Gasteiger partial charge >= 0.3 is 0 Å². The fourth-order valence-corrected chi connectivity index (χ4v) is 3.78. The summed E-state index contributed by atoms with van der Waals surface area (Å²) < 4.78 is 13.8. The summed E-state index contributed by atoms with van der Waals surface area (Å²) in [5.74, 6) is 0.0728. The highest BCUT2D eigenvalue weighted by molar-refractivity contribution is 7.16. The van der Waals surface area contributed by atoms with Crippen LogP contribution in [0.1, 0.15) is 17.7 Å². The molecule has 0 radical (unpaired) electrons. The average Bonchev–Trinajstić information content (AvgIpc) is 3.09. The van der Waals surface area contributed by atoms with E-state index in [0.29, 0.717) is 24.6 Å². The number of hydrogen-bond donors (Lipinski definition) is 1. The molecule has 2 heterocycles. The molecule has 1 fully saturated rings. The zero-order chi connectivity index (χ0) is 16.9. The van der Waals surface area contributed by atoms with Crippen LogP contribution in [0.2, 0.25) is 0 Å². The Labute approximate surface area is 145 Å². The minimum absolute atomic E-state index is 0.00719. The third kappa shape index (κ3) is 3.91. The molecule has 0 saturated carbocycles. The highest BCUT2D eigenvalue weighted by Crippen LogP contribution is 2.30. The molecular formula is C19H20FNO2S. The first-order valence-corrected chi connectivity index (χ1v) is 8.91. The average molecular weight is 345 g/mol. The molecule has 3 nitrogen and oxygen atoms in total. The maximum absolute atomic E-state index is 13.8. The van der Waals surface area contributed by atoms with Crippen molar-refractivity contribution in [2.75, 3.05) is 19.7 Å². The Morgan fingerprint density at radius 2 is 2.00 bits per heavy atom. The maximum atomic E-state index is 13.8. The number of carbonyl (C=O) groups excluding carboxylic acids is 1. The highest BCUT2D eigenvalue weighted by Gasteiger charge is 2.20. The van der Waals surface area contributed by atoms with Gasteiger partial charge in [0.1, 0.15) is 5.82 Å². The van der Waals surface area contributed by atoms with Crippen molar-refractivity contribution in [3.05, 3.63) is 53.2 Å². The van der Waals surface area contributed by atoms with Crippen molar-refractivity contribution in [1.29, 1.82) is 0 Å². The first kappa shape index (κ1) is 16.9. The van der Waals surface area contributed by atoms with Crippen molar-refractivity contribution in [2.45, 2.75) is 12.8 Å². The maximum Gasteiger partial charge on any atom is 0.246 e. The first-order valence-electron chi connectivity index (χ1n) is 8.10. The van der Waals surface area contributed by atoms with E-state index in [2.05, 4.69) is 0 Å². The van der Waals surface area contributed by atoms with E-state index in [1.165, 1.54) is 17.4 Å². The number of hydrogen-bond acceptors (Lipinski definition) is 3. The quantitative estimate of drug-likeness (QED) is 0.857. The lowest BCUT2D eigenvalue weighted by Gasteiger charge is -2.30. The smallest absolute Gasteiger partial charge is 0.246 e. The molecule has 1 amide bonds. The molecule has 0 aliphatic carbocycles. The van der Waals surface area contributed by atoms with Gasteiger partial charge in [-0.15, -0.1) is 11.3 Å². The summed E-state index contributed by atoms with van der Waals surface area (Å²) in [6.45, 7) is 1.59. The van der Waals surface area contributed by atoms with E-state index in [1.807, 2.05) is 23.1 Å². The standard InChI is InChI=1S/C19H20FNO2S/c20-17-4-2-1-3-16(17)18-7-5-15(24-18)6-8-19(23)21-11-9-14(13-22)10-12-21/h1-8,14,22H,9-13H2/b8-6+. The van der Waals surface area contributed by atoms with E-state index in [0.717, 1.165) is 22.6 Å². The van der Waals surface area contributed by atoms with E-state index in [-0.39, 0.29) is 18.3 Å². The number of carbonyl (C=O) groups is 1. The summed E-state index contributed by atoms with van der Waals surface area (Å²) in [5, 5.41) is 9.14. The van der Waals surface area contributed by atoms with Crippen LogP contribution in [0.4, 0.5) is 4.39 Å². The number of thiophene rings is 1. The van der Waals surface area contributed by atoms with Crippen molar-refractivity contribution in [2.24, 2.45) is 5.92 Å². The number of aliphatic hydroxyl groups excluding tert-OH is 1. The lowest BCUT2D eigenvalue weighted by atomic mass is 9.98. The predicted molar refractivity (Wildman–Crippen MR) is 95.1 cm³/mol. The molecule has 0 atom stereocenters. The van der Waals surface area contributed by atoms with Gasteiger partial charge in [0.2, 0.25) is 5.91 Å². The van der Waals surface area contributed by atoms with Crippen LogP contribution in [-0.2, 0) is 4.79 Å². The molecule has 1 saturated heterocycles. The third-order valence-corrected chi connectivity index (χ3v) is 5.42. The number of piperidine rings is 1. The molecule has 0 bridgehead atoms. The number of rotatable bonds is 4. The summed E-state index contributed by atoms with van der Waals surface area (Å²) in [5.41, 5.74) is 0.583. The number of amides is 1. The summed E-state index contributed by atoms with van der Waals surface area (Å²) in [4.78, 5) is 15.8. The van der Waals surface area contributed by atoms with Gasteiger partial charge in [-0.1, -0.05) is 18.2 Å². The first-order chi connectivity index (χ1) is 11.7. The van der Waals surface area contributed by atoms with E-state index >= 15 is 0 Å². The van der Waals surface area contributed by atoms with Gasteiger partial charge in [-0.05, 0) is 43.0 Å². The molecule has 24 heavy (non-hydrogen) atoms. The molecule has 0 spiro atoms. The molecule has 1 aliphatic heterocycles. The fourth-order valence-electron chi connectivity index (χ4n) is 2.84. The Bertz CT molecular complexity index is 732. The van der Waals surface area contributed by atoms with E-state index in [9.17, 15) is 9.18 Å². The van der Waals surface area contributed by atoms with Crippen LogP contribution in [0.3, 0.4) is 0 Å². The van der Waals surface area contributed by atoms with Crippen molar-refractivity contribution in [1.82, 2.24) is 4.90 Å². The van der Waals surface area contributed by atoms with Crippen LogP contribution in [0, 0.1) is 11.7 Å². The van der Waals surface area contributed by atoms with Gasteiger partial charge in [0.15, 0.2) is 0 Å². The number of likely N-dealkylation sites (tertiary alicyclic amines) is 1. The van der Waals surface area contributed by atoms with Crippen LogP contribution in [0.5, 0.6) is 0 Å². The molecule has 1 aromatic carbocycles. The Morgan fingerprint density at radius 3 is 2.71 bits per heavy atom. The van der Waals surface area contributed by atoms with Gasteiger partial charge < -0.3 is 10.0 Å². The highest BCUT2D eigenvalue weighted by atomic mass is 32.1. The largest absolute Gasteiger partial charge is 0.396 e. The zero-order valence-corrected chi connectivity index (χ0v) is 14.1. The number of nitrogens with zero attached hydrogens (tertiary/aromatic N) is 1. The molecule has 1 N–H and O–H groups in total. The summed E-state index contributed by atoms with van der Waals surface area (Å²) in [7, 11) is 0. The van der Waals surface area contributed by atoms with Crippen LogP contribution in [0.15, 0.2) is 42.5 Å². The summed E-state index contributed by atoms with van der Waals surface area (Å²) in [6, 6.07) is 10.5. The van der Waals surface area contributed by atoms with Crippen LogP contribution in [-0.4, -0.2) is 35.6 Å². The monoisotopic (exact) mass is 345 g/mol. The second-order valence-corrected chi connectivity index (χ2v) is 7.08. The van der Waals surface area contributed by atoms with Gasteiger partial charge in [-0.25, -0.2) is 4.39 Å². The Hall–Kier alpha value is -1.98. The second kappa shape index (κ2) is 7.73. The van der Waals surface area contributed by atoms with Crippen LogP contribution >= 0.6 is 11.3 Å². The topological polar surface area (TPSA) is 40.5 Å². The molecule has 1 aliphatic rings. The van der Waals surface area contributed by atoms with E-state index in [1.54, 1.807) is 24.3 Å². The van der Waals surface area contributed by atoms with Gasteiger partial charge in [0.05, 0.1) is 0 Å². The molecular weight excluding hydrogens is 325 g/mol. The van der Waals surface area contributed by atoms with Gasteiger partial charge in [-0.2, -0.15) is 0 Å². The normalized spacial score (nSPS) is 16.0.